The quantitative estimate of drug-likeness (QED) is 0.221. The predicted octanol–water partition coefficient (Wildman–Crippen LogP) is 6.26. The molecular weight excluding hydrogens is 466 g/mol. The molecular formula is C21H15F8NOS. The van der Waals surface area contributed by atoms with Crippen LogP contribution in [-0.4, -0.2) is 22.5 Å². The van der Waals surface area contributed by atoms with Gasteiger partial charge < -0.3 is 9.64 Å². The number of piperidine rings is 1. The maximum Gasteiger partial charge on any atom is 0.416 e. The van der Waals surface area contributed by atoms with E-state index in [1.54, 1.807) is 0 Å². The molecule has 2 fully saturated rings. The summed E-state index contributed by atoms with van der Waals surface area (Å²) in [4.78, 5) is 1.85. The Morgan fingerprint density at radius 3 is 1.75 bits per heavy atom. The van der Waals surface area contributed by atoms with Gasteiger partial charge in [0, 0.05) is 24.9 Å². The number of hydrogen-bond donors (Lipinski definition) is 0. The molecule has 0 radical (unpaired) electrons. The zero-order valence-electron chi connectivity index (χ0n) is 16.2. The van der Waals surface area contributed by atoms with Gasteiger partial charge >= 0.3 is 6.18 Å². The molecule has 2 atom stereocenters. The molecule has 0 amide bonds. The van der Waals surface area contributed by atoms with Crippen molar-refractivity contribution in [3.05, 3.63) is 64.5 Å². The standard InChI is InChI=1S/C21H15F8NOS/c22-14-15(23)17(25)19(18(26)16(14)24)31-20(7-12-5-6-13(8-20)30(12)9-32)10-1-3-11(4-2-10)21(27,28)29/h1-4,9,12-13H,5-8H2. The second-order valence-corrected chi connectivity index (χ2v) is 8.13. The second-order valence-electron chi connectivity index (χ2n) is 7.92. The highest BCUT2D eigenvalue weighted by molar-refractivity contribution is 7.78. The van der Waals surface area contributed by atoms with Gasteiger partial charge in [0.05, 0.1) is 11.1 Å². The van der Waals surface area contributed by atoms with Crippen LogP contribution < -0.4 is 4.74 Å². The average molecular weight is 481 g/mol. The monoisotopic (exact) mass is 481 g/mol. The first-order valence-electron chi connectivity index (χ1n) is 9.59. The highest BCUT2D eigenvalue weighted by Gasteiger charge is 2.51. The molecule has 0 aromatic heterocycles. The van der Waals surface area contributed by atoms with Crippen molar-refractivity contribution in [1.29, 1.82) is 0 Å². The largest absolute Gasteiger partial charge is 0.476 e. The lowest BCUT2D eigenvalue weighted by atomic mass is 9.80. The molecule has 2 heterocycles. The number of halogens is 8. The van der Waals surface area contributed by atoms with E-state index in [0.29, 0.717) is 12.8 Å². The Labute approximate surface area is 182 Å². The van der Waals surface area contributed by atoms with Gasteiger partial charge in [-0.2, -0.15) is 22.0 Å². The van der Waals surface area contributed by atoms with Crippen LogP contribution in [0.15, 0.2) is 24.3 Å². The number of rotatable bonds is 4. The van der Waals surface area contributed by atoms with Crippen LogP contribution in [0.3, 0.4) is 0 Å². The van der Waals surface area contributed by atoms with E-state index < -0.39 is 52.2 Å². The number of hydrogen-bond acceptors (Lipinski definition) is 2. The van der Waals surface area contributed by atoms with Crippen LogP contribution in [0.2, 0.25) is 0 Å². The van der Waals surface area contributed by atoms with Gasteiger partial charge in [0.1, 0.15) is 5.60 Å². The molecule has 2 aliphatic heterocycles. The van der Waals surface area contributed by atoms with Crippen molar-refractivity contribution >= 4 is 17.7 Å². The minimum atomic E-state index is -4.62. The van der Waals surface area contributed by atoms with Gasteiger partial charge in [0.25, 0.3) is 0 Å². The first-order chi connectivity index (χ1) is 15.0. The topological polar surface area (TPSA) is 12.5 Å². The van der Waals surface area contributed by atoms with Crippen LogP contribution in [0.5, 0.6) is 5.75 Å². The Morgan fingerprint density at radius 2 is 1.31 bits per heavy atom. The van der Waals surface area contributed by atoms with Gasteiger partial charge in [-0.05, 0) is 30.5 Å². The third-order valence-electron chi connectivity index (χ3n) is 6.13. The van der Waals surface area contributed by atoms with Crippen LogP contribution in [0, 0.1) is 29.1 Å². The SMILES string of the molecule is Fc1c(F)c(F)c(OC2(c3ccc(C(F)(F)F)cc3)CC3CCC(C2)N3C=S)c(F)c1F. The maximum absolute atomic E-state index is 14.4. The molecule has 11 heteroatoms. The number of alkyl halides is 3. The van der Waals surface area contributed by atoms with Gasteiger partial charge in [0.15, 0.2) is 5.75 Å². The third kappa shape index (κ3) is 3.60. The Morgan fingerprint density at radius 1 is 0.844 bits per heavy atom. The van der Waals surface area contributed by atoms with Crippen LogP contribution in [-0.2, 0) is 11.8 Å². The number of thiocarbonyl (C=S) groups is 1. The van der Waals surface area contributed by atoms with Crippen molar-refractivity contribution in [2.45, 2.75) is 49.5 Å². The van der Waals surface area contributed by atoms with Gasteiger partial charge in [-0.3, -0.25) is 0 Å². The minimum absolute atomic E-state index is 0.0293. The van der Waals surface area contributed by atoms with E-state index in [1.165, 1.54) is 5.49 Å². The van der Waals surface area contributed by atoms with Gasteiger partial charge in [0.2, 0.25) is 29.1 Å². The number of benzene rings is 2. The van der Waals surface area contributed by atoms with Crippen LogP contribution >= 0.6 is 12.2 Å². The Balaban J connectivity index is 1.83. The molecule has 172 valence electrons. The maximum atomic E-state index is 14.4. The Kier molecular flexibility index (Phi) is 5.59. The Bertz CT molecular complexity index is 1010. The van der Waals surface area contributed by atoms with E-state index in [4.69, 9.17) is 17.0 Å². The van der Waals surface area contributed by atoms with E-state index in [-0.39, 0.29) is 30.5 Å². The molecule has 0 aliphatic carbocycles. The minimum Gasteiger partial charge on any atom is -0.476 e. The lowest BCUT2D eigenvalue weighted by molar-refractivity contribution is -0.137. The molecule has 32 heavy (non-hydrogen) atoms. The zero-order valence-corrected chi connectivity index (χ0v) is 17.0. The van der Waals surface area contributed by atoms with Gasteiger partial charge in [-0.1, -0.05) is 24.4 Å². The highest BCUT2D eigenvalue weighted by Crippen LogP contribution is 2.49. The smallest absolute Gasteiger partial charge is 0.416 e. The molecule has 4 rings (SSSR count). The van der Waals surface area contributed by atoms with E-state index in [9.17, 15) is 35.1 Å². The molecule has 2 bridgehead atoms. The first-order valence-corrected chi connectivity index (χ1v) is 10.1. The highest BCUT2D eigenvalue weighted by atomic mass is 32.1. The summed E-state index contributed by atoms with van der Waals surface area (Å²) in [5, 5.41) is 0. The van der Waals surface area contributed by atoms with E-state index in [1.807, 2.05) is 4.90 Å². The summed E-state index contributed by atoms with van der Waals surface area (Å²) in [7, 11) is 0. The average Bonchev–Trinajstić information content (AvgIpc) is 3.03. The molecule has 0 N–H and O–H groups in total. The number of fused-ring (bicyclic) bond motifs is 2. The van der Waals surface area contributed by atoms with E-state index >= 15 is 0 Å². The molecule has 2 aliphatic rings. The van der Waals surface area contributed by atoms with Gasteiger partial charge in [-0.15, -0.1) is 0 Å². The molecule has 0 saturated carbocycles. The second kappa shape index (κ2) is 7.86. The van der Waals surface area contributed by atoms with Crippen molar-refractivity contribution in [3.8, 4) is 5.75 Å². The fourth-order valence-corrected chi connectivity index (χ4v) is 4.97. The predicted molar refractivity (Wildman–Crippen MR) is 102 cm³/mol. The van der Waals surface area contributed by atoms with Gasteiger partial charge in [-0.25, -0.2) is 13.2 Å². The lowest BCUT2D eigenvalue weighted by Gasteiger charge is -2.46. The van der Waals surface area contributed by atoms with Crippen LogP contribution in [0.4, 0.5) is 35.1 Å². The van der Waals surface area contributed by atoms with Crippen molar-refractivity contribution in [2.75, 3.05) is 0 Å². The normalized spacial score (nSPS) is 25.2. The van der Waals surface area contributed by atoms with E-state index in [0.717, 1.165) is 24.3 Å². The fourth-order valence-electron chi connectivity index (χ4n) is 4.62. The summed E-state index contributed by atoms with van der Waals surface area (Å²) in [5.41, 5.74) is -1.01. The number of nitrogens with zero attached hydrogens (tertiary/aromatic N) is 1. The summed E-state index contributed by atoms with van der Waals surface area (Å²) in [5.74, 6) is -12.4. The lowest BCUT2D eigenvalue weighted by Crippen LogP contribution is -2.51. The number of ether oxygens (including phenoxy) is 1. The molecule has 2 nitrogen and oxygen atoms in total. The molecule has 2 unspecified atom stereocenters. The fraction of sp³-hybridized carbons (Fsp3) is 0.381. The summed E-state index contributed by atoms with van der Waals surface area (Å²) < 4.78 is 114. The summed E-state index contributed by atoms with van der Waals surface area (Å²) in [6, 6.07) is 3.23. The summed E-state index contributed by atoms with van der Waals surface area (Å²) in [6.07, 6.45) is -3.31. The Hall–Kier alpha value is -2.43. The zero-order chi connectivity index (χ0) is 23.4. The van der Waals surface area contributed by atoms with Crippen LogP contribution in [0.1, 0.15) is 36.8 Å². The summed E-state index contributed by atoms with van der Waals surface area (Å²) >= 11 is 5.01. The van der Waals surface area contributed by atoms with Crippen molar-refractivity contribution in [2.24, 2.45) is 0 Å². The van der Waals surface area contributed by atoms with Crippen molar-refractivity contribution < 1.29 is 39.9 Å². The molecule has 2 aromatic carbocycles. The summed E-state index contributed by atoms with van der Waals surface area (Å²) in [6.45, 7) is 0. The molecule has 0 spiro atoms. The molecule has 2 aromatic rings. The third-order valence-corrected chi connectivity index (χ3v) is 6.38. The van der Waals surface area contributed by atoms with Crippen molar-refractivity contribution in [1.82, 2.24) is 4.90 Å². The van der Waals surface area contributed by atoms with Crippen molar-refractivity contribution in [3.63, 3.8) is 0 Å². The molecule has 2 saturated heterocycles. The van der Waals surface area contributed by atoms with Crippen LogP contribution in [0.25, 0.3) is 0 Å². The first kappa shape index (κ1) is 22.8. The van der Waals surface area contributed by atoms with E-state index in [2.05, 4.69) is 0 Å².